The van der Waals surface area contributed by atoms with E-state index >= 15 is 0 Å². The monoisotopic (exact) mass is 264 g/mol. The molecule has 0 spiro atoms. The van der Waals surface area contributed by atoms with E-state index in [2.05, 4.69) is 5.32 Å². The molecule has 1 aromatic rings. The van der Waals surface area contributed by atoms with Crippen LogP contribution in [0.15, 0.2) is 30.3 Å². The molecule has 0 aliphatic heterocycles. The fraction of sp³-hybridized carbons (Fsp3) is 0.533. The number of nitrogens with two attached hydrogens (primary N) is 1. The van der Waals surface area contributed by atoms with Gasteiger partial charge in [-0.15, -0.1) is 0 Å². The summed E-state index contributed by atoms with van der Waals surface area (Å²) in [6, 6.07) is 10.1. The fourth-order valence-electron chi connectivity index (χ4n) is 1.68. The quantitative estimate of drug-likeness (QED) is 0.753. The zero-order chi connectivity index (χ0) is 14.1. The third-order valence-corrected chi connectivity index (χ3v) is 2.71. The topological polar surface area (TPSA) is 64.4 Å². The maximum Gasteiger partial charge on any atom is 0.220 e. The first-order chi connectivity index (χ1) is 9.08. The van der Waals surface area contributed by atoms with Crippen LogP contribution in [0, 0.1) is 0 Å². The van der Waals surface area contributed by atoms with Gasteiger partial charge in [-0.05, 0) is 25.8 Å². The highest BCUT2D eigenvalue weighted by Gasteiger charge is 2.08. The van der Waals surface area contributed by atoms with Crippen LogP contribution in [0.4, 0.5) is 0 Å². The van der Waals surface area contributed by atoms with Crippen molar-refractivity contribution >= 4 is 5.91 Å². The van der Waals surface area contributed by atoms with Crippen LogP contribution in [0.3, 0.4) is 0 Å². The molecule has 4 nitrogen and oxygen atoms in total. The minimum atomic E-state index is 0.0179. The van der Waals surface area contributed by atoms with Gasteiger partial charge in [0.15, 0.2) is 0 Å². The number of hydrogen-bond acceptors (Lipinski definition) is 3. The zero-order valence-corrected chi connectivity index (χ0v) is 11.8. The zero-order valence-electron chi connectivity index (χ0n) is 11.8. The molecule has 0 saturated heterocycles. The number of carbonyl (C=O) groups is 1. The molecule has 19 heavy (non-hydrogen) atoms. The Bertz CT molecular complexity index is 366. The Morgan fingerprint density at radius 2 is 2.00 bits per heavy atom. The minimum absolute atomic E-state index is 0.0179. The third-order valence-electron chi connectivity index (χ3n) is 2.71. The Morgan fingerprint density at radius 3 is 2.63 bits per heavy atom. The van der Waals surface area contributed by atoms with E-state index in [1.807, 2.05) is 44.2 Å². The number of benzene rings is 1. The molecule has 0 aliphatic carbocycles. The summed E-state index contributed by atoms with van der Waals surface area (Å²) in [4.78, 5) is 11.6. The lowest BCUT2D eigenvalue weighted by Crippen LogP contribution is -2.36. The van der Waals surface area contributed by atoms with Crippen molar-refractivity contribution in [3.63, 3.8) is 0 Å². The lowest BCUT2D eigenvalue weighted by molar-refractivity contribution is -0.122. The number of ether oxygens (including phenoxy) is 1. The van der Waals surface area contributed by atoms with Gasteiger partial charge in [0, 0.05) is 18.5 Å². The highest BCUT2D eigenvalue weighted by molar-refractivity contribution is 5.76. The molecule has 3 N–H and O–H groups in total. The van der Waals surface area contributed by atoms with Crippen molar-refractivity contribution in [1.29, 1.82) is 0 Å². The molecule has 2 unspecified atom stereocenters. The molecule has 0 fully saturated rings. The molecule has 0 saturated carbocycles. The molecule has 0 heterocycles. The van der Waals surface area contributed by atoms with Crippen molar-refractivity contribution in [3.8, 4) is 0 Å². The van der Waals surface area contributed by atoms with Crippen LogP contribution >= 0.6 is 0 Å². The lowest BCUT2D eigenvalue weighted by atomic mass is 10.2. The van der Waals surface area contributed by atoms with Crippen LogP contribution in [-0.4, -0.2) is 24.6 Å². The van der Waals surface area contributed by atoms with Gasteiger partial charge < -0.3 is 15.8 Å². The van der Waals surface area contributed by atoms with Crippen molar-refractivity contribution in [2.24, 2.45) is 5.73 Å². The summed E-state index contributed by atoms with van der Waals surface area (Å²) in [5.74, 6) is 0.0353. The summed E-state index contributed by atoms with van der Waals surface area (Å²) >= 11 is 0. The summed E-state index contributed by atoms with van der Waals surface area (Å²) in [6.07, 6.45) is 1.18. The van der Waals surface area contributed by atoms with Crippen LogP contribution in [0.5, 0.6) is 0 Å². The van der Waals surface area contributed by atoms with Crippen molar-refractivity contribution < 1.29 is 9.53 Å². The van der Waals surface area contributed by atoms with Crippen LogP contribution in [-0.2, 0) is 16.1 Å². The van der Waals surface area contributed by atoms with Gasteiger partial charge in [0.05, 0.1) is 13.2 Å². The third kappa shape index (κ3) is 7.59. The van der Waals surface area contributed by atoms with Gasteiger partial charge >= 0.3 is 0 Å². The predicted octanol–water partition coefficient (Wildman–Crippen LogP) is 1.84. The minimum Gasteiger partial charge on any atom is -0.375 e. The van der Waals surface area contributed by atoms with Crippen LogP contribution in [0.25, 0.3) is 0 Å². The molecule has 106 valence electrons. The van der Waals surface area contributed by atoms with E-state index in [9.17, 15) is 4.79 Å². The SMILES string of the molecule is CC(N)CCC(=O)NC(C)COCc1ccccc1. The van der Waals surface area contributed by atoms with Crippen molar-refractivity contribution in [1.82, 2.24) is 5.32 Å². The summed E-state index contributed by atoms with van der Waals surface area (Å²) < 4.78 is 5.57. The van der Waals surface area contributed by atoms with E-state index in [0.29, 0.717) is 26.1 Å². The maximum atomic E-state index is 11.6. The normalized spacial score (nSPS) is 13.8. The van der Waals surface area contributed by atoms with E-state index in [1.165, 1.54) is 0 Å². The number of rotatable bonds is 8. The lowest BCUT2D eigenvalue weighted by Gasteiger charge is -2.14. The van der Waals surface area contributed by atoms with Gasteiger partial charge in [-0.2, -0.15) is 0 Å². The number of amides is 1. The molecule has 2 atom stereocenters. The fourth-order valence-corrected chi connectivity index (χ4v) is 1.68. The molecule has 0 radical (unpaired) electrons. The Labute approximate surface area is 115 Å². The van der Waals surface area contributed by atoms with Gasteiger partial charge in [-0.3, -0.25) is 4.79 Å². The Balaban J connectivity index is 2.14. The molecule has 1 amide bonds. The van der Waals surface area contributed by atoms with Crippen molar-refractivity contribution in [2.45, 2.75) is 45.4 Å². The Hall–Kier alpha value is -1.39. The summed E-state index contributed by atoms with van der Waals surface area (Å²) in [5, 5.41) is 2.90. The second-order valence-electron chi connectivity index (χ2n) is 4.99. The molecule has 1 rings (SSSR count). The van der Waals surface area contributed by atoms with Gasteiger partial charge in [0.1, 0.15) is 0 Å². The number of hydrogen-bond donors (Lipinski definition) is 2. The predicted molar refractivity (Wildman–Crippen MR) is 76.6 cm³/mol. The standard InChI is InChI=1S/C15H24N2O2/c1-12(16)8-9-15(18)17-13(2)10-19-11-14-6-4-3-5-7-14/h3-7,12-13H,8-11,16H2,1-2H3,(H,17,18). The highest BCUT2D eigenvalue weighted by Crippen LogP contribution is 2.01. The van der Waals surface area contributed by atoms with Gasteiger partial charge in [0.2, 0.25) is 5.91 Å². The highest BCUT2D eigenvalue weighted by atomic mass is 16.5. The van der Waals surface area contributed by atoms with Crippen LogP contribution < -0.4 is 11.1 Å². The van der Waals surface area contributed by atoms with Gasteiger partial charge in [-0.1, -0.05) is 30.3 Å². The van der Waals surface area contributed by atoms with Crippen LogP contribution in [0.2, 0.25) is 0 Å². The van der Waals surface area contributed by atoms with E-state index in [-0.39, 0.29) is 18.0 Å². The first-order valence-electron chi connectivity index (χ1n) is 6.74. The van der Waals surface area contributed by atoms with Crippen molar-refractivity contribution in [3.05, 3.63) is 35.9 Å². The molecular weight excluding hydrogens is 240 g/mol. The van der Waals surface area contributed by atoms with Gasteiger partial charge in [0.25, 0.3) is 0 Å². The molecule has 4 heteroatoms. The summed E-state index contributed by atoms with van der Waals surface area (Å²) in [6.45, 7) is 4.92. The summed E-state index contributed by atoms with van der Waals surface area (Å²) in [5.41, 5.74) is 6.75. The molecule has 0 aliphatic rings. The van der Waals surface area contributed by atoms with Gasteiger partial charge in [-0.25, -0.2) is 0 Å². The van der Waals surface area contributed by atoms with E-state index in [4.69, 9.17) is 10.5 Å². The average Bonchev–Trinajstić information content (AvgIpc) is 2.37. The second kappa shape index (κ2) is 8.67. The van der Waals surface area contributed by atoms with E-state index < -0.39 is 0 Å². The smallest absolute Gasteiger partial charge is 0.220 e. The number of nitrogens with one attached hydrogen (secondary N) is 1. The molecule has 1 aromatic carbocycles. The second-order valence-corrected chi connectivity index (χ2v) is 4.99. The first kappa shape index (κ1) is 15.7. The molecule has 0 bridgehead atoms. The largest absolute Gasteiger partial charge is 0.375 e. The average molecular weight is 264 g/mol. The number of carbonyl (C=O) groups excluding carboxylic acids is 1. The maximum absolute atomic E-state index is 11.6. The van der Waals surface area contributed by atoms with E-state index in [1.54, 1.807) is 0 Å². The molecule has 0 aromatic heterocycles. The van der Waals surface area contributed by atoms with Crippen LogP contribution in [0.1, 0.15) is 32.3 Å². The Morgan fingerprint density at radius 1 is 1.32 bits per heavy atom. The Kier molecular flexibility index (Phi) is 7.15. The van der Waals surface area contributed by atoms with Crippen molar-refractivity contribution in [2.75, 3.05) is 6.61 Å². The van der Waals surface area contributed by atoms with E-state index in [0.717, 1.165) is 5.56 Å². The summed E-state index contributed by atoms with van der Waals surface area (Å²) in [7, 11) is 0. The first-order valence-corrected chi connectivity index (χ1v) is 6.74. The molecular formula is C15H24N2O2.